The molecule has 0 spiro atoms. The number of nitrogens with two attached hydrogens (primary N) is 1. The van der Waals surface area contributed by atoms with Gasteiger partial charge in [0.25, 0.3) is 0 Å². The lowest BCUT2D eigenvalue weighted by atomic mass is 10.7. The van der Waals surface area contributed by atoms with Gasteiger partial charge in [-0.2, -0.15) is 0 Å². The Morgan fingerprint density at radius 2 is 2.40 bits per heavy atom. The predicted octanol–water partition coefficient (Wildman–Crippen LogP) is 0.145. The van der Waals surface area contributed by atoms with E-state index in [1.54, 1.807) is 0 Å². The molecule has 0 aliphatic heterocycles. The molecule has 0 aromatic heterocycles. The van der Waals surface area contributed by atoms with Crippen molar-refractivity contribution in [2.75, 3.05) is 6.54 Å². The minimum Gasteiger partial charge on any atom is -0.320 e. The highest BCUT2D eigenvalue weighted by atomic mass is 35.5. The molecule has 0 aliphatic carbocycles. The molecule has 1 nitrogen and oxygen atoms in total. The highest BCUT2D eigenvalue weighted by Gasteiger charge is 1.49. The molecule has 0 aromatic carbocycles. The summed E-state index contributed by atoms with van der Waals surface area (Å²) in [6.07, 6.45) is 0. The molecule has 0 amide bonds. The van der Waals surface area contributed by atoms with Gasteiger partial charge in [-0.3, -0.25) is 0 Å². The molecule has 0 fully saturated rings. The molecule has 0 aliphatic rings. The Labute approximate surface area is 36.1 Å². The van der Waals surface area contributed by atoms with E-state index in [4.69, 9.17) is 17.3 Å². The van der Waals surface area contributed by atoms with Crippen molar-refractivity contribution in [3.63, 3.8) is 0 Å². The molecule has 5 heavy (non-hydrogen) atoms. The van der Waals surface area contributed by atoms with Crippen LogP contribution < -0.4 is 5.73 Å². The summed E-state index contributed by atoms with van der Waals surface area (Å²) in [6, 6.07) is 0. The standard InChI is InChI=1S/C3H4ClN/c4-2-1-3-5/h3,5H2. The topological polar surface area (TPSA) is 26.0 Å². The van der Waals surface area contributed by atoms with Crippen molar-refractivity contribution in [1.82, 2.24) is 0 Å². The smallest absolute Gasteiger partial charge is 0.0564 e. The van der Waals surface area contributed by atoms with E-state index in [2.05, 4.69) is 11.3 Å². The highest BCUT2D eigenvalue weighted by Crippen LogP contribution is 1.56. The first-order chi connectivity index (χ1) is 2.41. The minimum atomic E-state index is 0.351. The molecule has 0 saturated carbocycles. The van der Waals surface area contributed by atoms with Crippen LogP contribution in [0.3, 0.4) is 0 Å². The molecule has 0 heterocycles. The SMILES string of the molecule is NCC#CCl. The third kappa shape index (κ3) is 3.81. The first kappa shape index (κ1) is 4.81. The van der Waals surface area contributed by atoms with E-state index in [1.807, 2.05) is 0 Å². The van der Waals surface area contributed by atoms with Gasteiger partial charge < -0.3 is 5.73 Å². The Hall–Kier alpha value is -0.190. The molecule has 2 N–H and O–H groups in total. The molecule has 2 heteroatoms. The third-order valence-electron chi connectivity index (χ3n) is 0.169. The first-order valence-electron chi connectivity index (χ1n) is 1.20. The second-order valence-corrected chi connectivity index (χ2v) is 0.664. The van der Waals surface area contributed by atoms with E-state index < -0.39 is 0 Å². The van der Waals surface area contributed by atoms with Crippen molar-refractivity contribution in [3.05, 3.63) is 0 Å². The van der Waals surface area contributed by atoms with Crippen molar-refractivity contribution in [3.8, 4) is 11.3 Å². The minimum absolute atomic E-state index is 0.351. The lowest BCUT2D eigenvalue weighted by molar-refractivity contribution is 1.30. The van der Waals surface area contributed by atoms with Crippen LogP contribution in [0, 0.1) is 11.3 Å². The van der Waals surface area contributed by atoms with Crippen molar-refractivity contribution in [2.24, 2.45) is 5.73 Å². The molecule has 0 radical (unpaired) electrons. The monoisotopic (exact) mass is 89.0 g/mol. The van der Waals surface area contributed by atoms with E-state index in [-0.39, 0.29) is 0 Å². The number of hydrogen-bond donors (Lipinski definition) is 1. The summed E-state index contributed by atoms with van der Waals surface area (Å²) in [7, 11) is 0. The second kappa shape index (κ2) is 3.81. The van der Waals surface area contributed by atoms with Crippen LogP contribution in [0.15, 0.2) is 0 Å². The highest BCUT2D eigenvalue weighted by molar-refractivity contribution is 6.30. The fraction of sp³-hybridized carbons (Fsp3) is 0.333. The second-order valence-electron chi connectivity index (χ2n) is 0.475. The Kier molecular flexibility index (Phi) is 3.67. The molecule has 28 valence electrons. The normalized spacial score (nSPS) is 5.20. The Morgan fingerprint density at radius 3 is 2.40 bits per heavy atom. The van der Waals surface area contributed by atoms with E-state index in [0.717, 1.165) is 0 Å². The van der Waals surface area contributed by atoms with Gasteiger partial charge in [0.1, 0.15) is 0 Å². The first-order valence-corrected chi connectivity index (χ1v) is 1.58. The van der Waals surface area contributed by atoms with Gasteiger partial charge in [-0.1, -0.05) is 5.92 Å². The number of halogens is 1. The Morgan fingerprint density at radius 1 is 1.80 bits per heavy atom. The summed E-state index contributed by atoms with van der Waals surface area (Å²) in [5.74, 6) is 2.40. The summed E-state index contributed by atoms with van der Waals surface area (Å²) in [5.41, 5.74) is 4.88. The molecular weight excluding hydrogens is 85.5 g/mol. The molecular formula is C3H4ClN. The van der Waals surface area contributed by atoms with Gasteiger partial charge in [-0.25, -0.2) is 0 Å². The van der Waals surface area contributed by atoms with E-state index in [1.165, 1.54) is 0 Å². The summed E-state index contributed by atoms with van der Waals surface area (Å²) in [6.45, 7) is 0.351. The summed E-state index contributed by atoms with van der Waals surface area (Å²) in [4.78, 5) is 0. The van der Waals surface area contributed by atoms with E-state index >= 15 is 0 Å². The maximum Gasteiger partial charge on any atom is 0.0564 e. The van der Waals surface area contributed by atoms with Crippen molar-refractivity contribution in [1.29, 1.82) is 0 Å². The molecule has 0 atom stereocenters. The Balaban J connectivity index is 2.81. The van der Waals surface area contributed by atoms with E-state index in [0.29, 0.717) is 6.54 Å². The molecule has 0 aromatic rings. The fourth-order valence-electron chi connectivity index (χ4n) is 0.0386. The molecule has 0 saturated heterocycles. The van der Waals surface area contributed by atoms with Crippen LogP contribution in [0.5, 0.6) is 0 Å². The summed E-state index contributed by atoms with van der Waals surface area (Å²) < 4.78 is 0. The van der Waals surface area contributed by atoms with Gasteiger partial charge >= 0.3 is 0 Å². The maximum absolute atomic E-state index is 4.88. The van der Waals surface area contributed by atoms with Crippen LogP contribution in [0.25, 0.3) is 0 Å². The van der Waals surface area contributed by atoms with Crippen molar-refractivity contribution < 1.29 is 0 Å². The maximum atomic E-state index is 4.88. The third-order valence-corrected chi connectivity index (χ3v) is 0.303. The van der Waals surface area contributed by atoms with Gasteiger partial charge in [0.2, 0.25) is 0 Å². The molecule has 0 rings (SSSR count). The number of rotatable bonds is 0. The van der Waals surface area contributed by atoms with Crippen LogP contribution in [0.1, 0.15) is 0 Å². The number of hydrogen-bond acceptors (Lipinski definition) is 1. The average Bonchev–Trinajstić information content (AvgIpc) is 1.41. The Bertz CT molecular complexity index is 59.0. The van der Waals surface area contributed by atoms with Crippen LogP contribution >= 0.6 is 11.6 Å². The van der Waals surface area contributed by atoms with Crippen LogP contribution in [0.2, 0.25) is 0 Å². The zero-order valence-electron chi connectivity index (χ0n) is 2.66. The zero-order chi connectivity index (χ0) is 4.12. The van der Waals surface area contributed by atoms with Gasteiger partial charge in [0.05, 0.1) is 6.54 Å². The average molecular weight is 89.5 g/mol. The predicted molar refractivity (Wildman–Crippen MR) is 22.7 cm³/mol. The molecule has 0 unspecified atom stereocenters. The van der Waals surface area contributed by atoms with E-state index in [9.17, 15) is 0 Å². The zero-order valence-corrected chi connectivity index (χ0v) is 3.42. The van der Waals surface area contributed by atoms with Crippen LogP contribution in [0.4, 0.5) is 0 Å². The summed E-state index contributed by atoms with van der Waals surface area (Å²) in [5, 5.41) is 2.11. The largest absolute Gasteiger partial charge is 0.320 e. The van der Waals surface area contributed by atoms with Gasteiger partial charge in [0.15, 0.2) is 0 Å². The quantitative estimate of drug-likeness (QED) is 0.420. The lowest BCUT2D eigenvalue weighted by Crippen LogP contribution is -1.91. The van der Waals surface area contributed by atoms with Crippen molar-refractivity contribution in [2.45, 2.75) is 0 Å². The van der Waals surface area contributed by atoms with Crippen molar-refractivity contribution >= 4 is 11.6 Å². The molecule has 0 bridgehead atoms. The fourth-order valence-corrected chi connectivity index (χ4v) is 0.116. The van der Waals surface area contributed by atoms with Gasteiger partial charge in [-0.15, -0.1) is 0 Å². The summed E-state index contributed by atoms with van der Waals surface area (Å²) >= 11 is 4.86. The van der Waals surface area contributed by atoms with Gasteiger partial charge in [0, 0.05) is 5.38 Å². The van der Waals surface area contributed by atoms with Crippen LogP contribution in [-0.4, -0.2) is 6.54 Å². The lowest BCUT2D eigenvalue weighted by Gasteiger charge is -1.59. The van der Waals surface area contributed by atoms with Crippen LogP contribution in [-0.2, 0) is 0 Å². The van der Waals surface area contributed by atoms with Gasteiger partial charge in [-0.05, 0) is 11.6 Å².